The maximum atomic E-state index is 12.4. The van der Waals surface area contributed by atoms with Crippen LogP contribution in [-0.4, -0.2) is 37.5 Å². The Morgan fingerprint density at radius 2 is 1.70 bits per heavy atom. The number of benzene rings is 2. The second-order valence-corrected chi connectivity index (χ2v) is 6.52. The number of methoxy groups -OCH3 is 2. The van der Waals surface area contributed by atoms with E-state index < -0.39 is 0 Å². The summed E-state index contributed by atoms with van der Waals surface area (Å²) in [6, 6.07) is 12.9. The molecule has 1 aliphatic heterocycles. The van der Waals surface area contributed by atoms with Crippen molar-refractivity contribution in [1.29, 1.82) is 0 Å². The summed E-state index contributed by atoms with van der Waals surface area (Å²) in [6.45, 7) is 1.78. The lowest BCUT2D eigenvalue weighted by Gasteiger charge is -2.15. The number of carbonyl (C=O) groups is 2. The average Bonchev–Trinajstić information content (AvgIpc) is 3.10. The van der Waals surface area contributed by atoms with E-state index in [0.717, 1.165) is 24.1 Å². The van der Waals surface area contributed by atoms with Crippen LogP contribution in [0, 0.1) is 0 Å². The van der Waals surface area contributed by atoms with E-state index in [0.29, 0.717) is 36.6 Å². The van der Waals surface area contributed by atoms with Crippen molar-refractivity contribution in [3.8, 4) is 11.5 Å². The van der Waals surface area contributed by atoms with Crippen molar-refractivity contribution in [1.82, 2.24) is 10.2 Å². The van der Waals surface area contributed by atoms with Gasteiger partial charge in [0.15, 0.2) is 0 Å². The summed E-state index contributed by atoms with van der Waals surface area (Å²) < 4.78 is 10.5. The molecule has 1 saturated heterocycles. The Bertz CT molecular complexity index is 795. The number of nitrogens with zero attached hydrogens (tertiary/aromatic N) is 1. The van der Waals surface area contributed by atoms with Crippen LogP contribution >= 0.6 is 0 Å². The maximum absolute atomic E-state index is 12.4. The first kappa shape index (κ1) is 18.8. The third-order valence-corrected chi connectivity index (χ3v) is 4.63. The summed E-state index contributed by atoms with van der Waals surface area (Å²) in [5.41, 5.74) is 2.50. The SMILES string of the molecule is COc1cc(CNC(=O)c2ccc(CN3CCCC3=O)cc2)cc(OC)c1. The Labute approximate surface area is 159 Å². The molecular formula is C21H24N2O4. The maximum Gasteiger partial charge on any atom is 0.251 e. The Hall–Kier alpha value is -3.02. The number of nitrogens with one attached hydrogen (secondary N) is 1. The van der Waals surface area contributed by atoms with Crippen molar-refractivity contribution in [2.45, 2.75) is 25.9 Å². The largest absolute Gasteiger partial charge is 0.497 e. The molecule has 0 saturated carbocycles. The molecule has 27 heavy (non-hydrogen) atoms. The smallest absolute Gasteiger partial charge is 0.251 e. The van der Waals surface area contributed by atoms with Crippen molar-refractivity contribution in [2.75, 3.05) is 20.8 Å². The normalized spacial score (nSPS) is 13.6. The van der Waals surface area contributed by atoms with Gasteiger partial charge in [-0.2, -0.15) is 0 Å². The van der Waals surface area contributed by atoms with Crippen LogP contribution in [0.15, 0.2) is 42.5 Å². The van der Waals surface area contributed by atoms with Crippen molar-refractivity contribution in [2.24, 2.45) is 0 Å². The molecule has 6 heteroatoms. The van der Waals surface area contributed by atoms with E-state index >= 15 is 0 Å². The highest BCUT2D eigenvalue weighted by Gasteiger charge is 2.20. The predicted octanol–water partition coefficient (Wildman–Crippen LogP) is 2.76. The van der Waals surface area contributed by atoms with Gasteiger partial charge < -0.3 is 19.7 Å². The topological polar surface area (TPSA) is 67.9 Å². The predicted molar refractivity (Wildman–Crippen MR) is 102 cm³/mol. The van der Waals surface area contributed by atoms with E-state index in [1.807, 2.05) is 29.2 Å². The fourth-order valence-corrected chi connectivity index (χ4v) is 3.11. The zero-order chi connectivity index (χ0) is 19.2. The molecule has 2 aromatic rings. The molecule has 0 aromatic heterocycles. The molecule has 1 heterocycles. The van der Waals surface area contributed by atoms with Gasteiger partial charge in [0.2, 0.25) is 5.91 Å². The van der Waals surface area contributed by atoms with Crippen LogP contribution in [-0.2, 0) is 17.9 Å². The van der Waals surface area contributed by atoms with Crippen LogP contribution in [0.5, 0.6) is 11.5 Å². The second kappa shape index (κ2) is 8.58. The molecule has 1 N–H and O–H groups in total. The van der Waals surface area contributed by atoms with E-state index in [2.05, 4.69) is 5.32 Å². The van der Waals surface area contributed by atoms with Gasteiger partial charge >= 0.3 is 0 Å². The number of hydrogen-bond acceptors (Lipinski definition) is 4. The molecule has 0 bridgehead atoms. The lowest BCUT2D eigenvalue weighted by molar-refractivity contribution is -0.128. The quantitative estimate of drug-likeness (QED) is 0.816. The van der Waals surface area contributed by atoms with E-state index in [-0.39, 0.29) is 11.8 Å². The first-order valence-corrected chi connectivity index (χ1v) is 8.96. The molecule has 2 amide bonds. The molecule has 3 rings (SSSR count). The summed E-state index contributed by atoms with van der Waals surface area (Å²) in [5, 5.41) is 2.90. The average molecular weight is 368 g/mol. The van der Waals surface area contributed by atoms with Gasteiger partial charge in [-0.25, -0.2) is 0 Å². The van der Waals surface area contributed by atoms with Crippen molar-refractivity contribution in [3.05, 3.63) is 59.2 Å². The third kappa shape index (κ3) is 4.78. The Kier molecular flexibility index (Phi) is 5.96. The number of likely N-dealkylation sites (tertiary alicyclic amines) is 1. The third-order valence-electron chi connectivity index (χ3n) is 4.63. The monoisotopic (exact) mass is 368 g/mol. The first-order chi connectivity index (χ1) is 13.1. The lowest BCUT2D eigenvalue weighted by Crippen LogP contribution is -2.24. The number of amides is 2. The van der Waals surface area contributed by atoms with Gasteiger partial charge in [0.1, 0.15) is 11.5 Å². The Balaban J connectivity index is 1.59. The summed E-state index contributed by atoms with van der Waals surface area (Å²) >= 11 is 0. The van der Waals surface area contributed by atoms with Crippen molar-refractivity contribution < 1.29 is 19.1 Å². The minimum absolute atomic E-state index is 0.152. The fourth-order valence-electron chi connectivity index (χ4n) is 3.11. The number of hydrogen-bond donors (Lipinski definition) is 1. The minimum atomic E-state index is -0.152. The molecule has 0 unspecified atom stereocenters. The van der Waals surface area contributed by atoms with Gasteiger partial charge in [0.25, 0.3) is 5.91 Å². The highest BCUT2D eigenvalue weighted by Crippen LogP contribution is 2.22. The lowest BCUT2D eigenvalue weighted by atomic mass is 10.1. The van der Waals surface area contributed by atoms with Gasteiger partial charge in [-0.05, 0) is 41.8 Å². The standard InChI is InChI=1S/C21H24N2O4/c1-26-18-10-16(11-19(12-18)27-2)13-22-21(25)17-7-5-15(6-8-17)14-23-9-3-4-20(23)24/h5-8,10-12H,3-4,9,13-14H2,1-2H3,(H,22,25). The van der Waals surface area contributed by atoms with Crippen molar-refractivity contribution >= 4 is 11.8 Å². The summed E-state index contributed by atoms with van der Waals surface area (Å²) in [5.74, 6) is 1.41. The first-order valence-electron chi connectivity index (χ1n) is 8.96. The van der Waals surface area contributed by atoms with Crippen LogP contribution in [0.1, 0.15) is 34.3 Å². The summed E-state index contributed by atoms with van der Waals surface area (Å²) in [6.07, 6.45) is 1.56. The summed E-state index contributed by atoms with van der Waals surface area (Å²) in [7, 11) is 3.18. The Morgan fingerprint density at radius 1 is 1.04 bits per heavy atom. The van der Waals surface area contributed by atoms with Gasteiger partial charge in [-0.3, -0.25) is 9.59 Å². The zero-order valence-electron chi connectivity index (χ0n) is 15.7. The highest BCUT2D eigenvalue weighted by atomic mass is 16.5. The van der Waals surface area contributed by atoms with E-state index in [9.17, 15) is 9.59 Å². The van der Waals surface area contributed by atoms with Gasteiger partial charge in [-0.15, -0.1) is 0 Å². The molecule has 0 radical (unpaired) electrons. The van der Waals surface area contributed by atoms with E-state index in [1.54, 1.807) is 32.4 Å². The number of carbonyl (C=O) groups excluding carboxylic acids is 2. The molecule has 2 aromatic carbocycles. The second-order valence-electron chi connectivity index (χ2n) is 6.52. The van der Waals surface area contributed by atoms with Crippen molar-refractivity contribution in [3.63, 3.8) is 0 Å². The molecule has 6 nitrogen and oxygen atoms in total. The number of rotatable bonds is 7. The summed E-state index contributed by atoms with van der Waals surface area (Å²) in [4.78, 5) is 26.0. The van der Waals surface area contributed by atoms with Crippen LogP contribution in [0.2, 0.25) is 0 Å². The fraction of sp³-hybridized carbons (Fsp3) is 0.333. The van der Waals surface area contributed by atoms with Gasteiger partial charge in [0.05, 0.1) is 14.2 Å². The molecule has 142 valence electrons. The van der Waals surface area contributed by atoms with E-state index in [4.69, 9.17) is 9.47 Å². The van der Waals surface area contributed by atoms with Gasteiger partial charge in [0, 0.05) is 37.7 Å². The molecule has 1 aliphatic rings. The minimum Gasteiger partial charge on any atom is -0.497 e. The highest BCUT2D eigenvalue weighted by molar-refractivity contribution is 5.94. The van der Waals surface area contributed by atoms with Crippen LogP contribution in [0.3, 0.4) is 0 Å². The van der Waals surface area contributed by atoms with Crippen LogP contribution in [0.25, 0.3) is 0 Å². The molecular weight excluding hydrogens is 344 g/mol. The number of ether oxygens (including phenoxy) is 2. The van der Waals surface area contributed by atoms with Crippen LogP contribution < -0.4 is 14.8 Å². The molecule has 1 fully saturated rings. The Morgan fingerprint density at radius 3 is 2.26 bits per heavy atom. The van der Waals surface area contributed by atoms with Crippen LogP contribution in [0.4, 0.5) is 0 Å². The van der Waals surface area contributed by atoms with Gasteiger partial charge in [-0.1, -0.05) is 12.1 Å². The van der Waals surface area contributed by atoms with E-state index in [1.165, 1.54) is 0 Å². The molecule has 0 aliphatic carbocycles. The molecule has 0 spiro atoms. The zero-order valence-corrected chi connectivity index (χ0v) is 15.7. The molecule has 0 atom stereocenters.